The van der Waals surface area contributed by atoms with Gasteiger partial charge in [-0.2, -0.15) is 0 Å². The second-order valence-electron chi connectivity index (χ2n) is 4.62. The van der Waals surface area contributed by atoms with Crippen molar-refractivity contribution in [2.75, 3.05) is 4.90 Å². The number of carbonyl (C=O) groups is 1. The average molecular weight is 311 g/mol. The quantitative estimate of drug-likeness (QED) is 0.813. The first kappa shape index (κ1) is 13.5. The number of carbonyl (C=O) groups excluding carboxylic acids is 1. The minimum Gasteiger partial charge on any atom is -0.305 e. The van der Waals surface area contributed by atoms with Crippen LogP contribution in [0.2, 0.25) is 0 Å². The highest BCUT2D eigenvalue weighted by atomic mass is 35.5. The number of aromatic nitrogens is 1. The summed E-state index contributed by atoms with van der Waals surface area (Å²) in [6, 6.07) is 4.55. The van der Waals surface area contributed by atoms with Gasteiger partial charge < -0.3 is 4.90 Å². The molecule has 1 amide bonds. The van der Waals surface area contributed by atoms with E-state index in [9.17, 15) is 9.18 Å². The fraction of sp³-hybridized carbons (Fsp3) is 0.286. The number of anilines is 1. The fourth-order valence-electron chi connectivity index (χ4n) is 2.32. The number of nitrogens with zero attached hydrogens (tertiary/aromatic N) is 2. The number of thiazole rings is 1. The molecule has 0 fully saturated rings. The maximum Gasteiger partial charge on any atom is 0.227 e. The van der Waals surface area contributed by atoms with Crippen LogP contribution in [-0.2, 0) is 23.6 Å². The SMILES string of the molecule is O=C1CCc2cc(F)ccc2N1Cc1nc(CCl)cs1. The predicted molar refractivity (Wildman–Crippen MR) is 77.6 cm³/mol. The van der Waals surface area contributed by atoms with Crippen molar-refractivity contribution >= 4 is 34.5 Å². The number of benzene rings is 1. The van der Waals surface area contributed by atoms with Gasteiger partial charge in [-0.3, -0.25) is 4.79 Å². The molecule has 0 saturated carbocycles. The minimum atomic E-state index is -0.267. The maximum atomic E-state index is 13.3. The van der Waals surface area contributed by atoms with Crippen molar-refractivity contribution in [1.29, 1.82) is 0 Å². The zero-order valence-electron chi connectivity index (χ0n) is 10.6. The molecule has 0 saturated heterocycles. The lowest BCUT2D eigenvalue weighted by Crippen LogP contribution is -2.34. The van der Waals surface area contributed by atoms with Gasteiger partial charge in [-0.15, -0.1) is 22.9 Å². The first-order valence-electron chi connectivity index (χ1n) is 6.25. The van der Waals surface area contributed by atoms with E-state index in [-0.39, 0.29) is 11.7 Å². The van der Waals surface area contributed by atoms with Gasteiger partial charge in [0, 0.05) is 17.5 Å². The lowest BCUT2D eigenvalue weighted by Gasteiger charge is -2.28. The summed E-state index contributed by atoms with van der Waals surface area (Å²) in [6.45, 7) is 0.416. The van der Waals surface area contributed by atoms with Crippen molar-refractivity contribution in [2.24, 2.45) is 0 Å². The van der Waals surface area contributed by atoms with Crippen LogP contribution in [0.5, 0.6) is 0 Å². The molecule has 2 aromatic rings. The van der Waals surface area contributed by atoms with Crippen molar-refractivity contribution in [3.8, 4) is 0 Å². The van der Waals surface area contributed by atoms with Crippen LogP contribution in [0.25, 0.3) is 0 Å². The maximum absolute atomic E-state index is 13.3. The molecule has 1 aromatic carbocycles. The monoisotopic (exact) mass is 310 g/mol. The average Bonchev–Trinajstić information content (AvgIpc) is 2.90. The molecule has 0 spiro atoms. The van der Waals surface area contributed by atoms with Crippen LogP contribution >= 0.6 is 22.9 Å². The number of fused-ring (bicyclic) bond motifs is 1. The normalized spacial score (nSPS) is 14.5. The summed E-state index contributed by atoms with van der Waals surface area (Å²) in [4.78, 5) is 18.1. The van der Waals surface area contributed by atoms with E-state index in [1.165, 1.54) is 23.5 Å². The smallest absolute Gasteiger partial charge is 0.227 e. The third-order valence-electron chi connectivity index (χ3n) is 3.27. The number of amides is 1. The Morgan fingerprint density at radius 2 is 2.25 bits per heavy atom. The summed E-state index contributed by atoms with van der Waals surface area (Å²) in [6.07, 6.45) is 0.997. The first-order chi connectivity index (χ1) is 9.67. The Labute approximate surface area is 125 Å². The Hall–Kier alpha value is -1.46. The van der Waals surface area contributed by atoms with E-state index < -0.39 is 0 Å². The molecule has 3 rings (SSSR count). The van der Waals surface area contributed by atoms with Crippen molar-refractivity contribution in [3.05, 3.63) is 45.7 Å². The summed E-state index contributed by atoms with van der Waals surface area (Å²) < 4.78 is 13.3. The highest BCUT2D eigenvalue weighted by molar-refractivity contribution is 7.09. The molecular formula is C14H12ClFN2OS. The van der Waals surface area contributed by atoms with E-state index in [1.54, 1.807) is 11.0 Å². The van der Waals surface area contributed by atoms with E-state index in [2.05, 4.69) is 4.98 Å². The Morgan fingerprint density at radius 1 is 1.40 bits per heavy atom. The number of halogens is 2. The molecule has 1 aromatic heterocycles. The van der Waals surface area contributed by atoms with E-state index in [4.69, 9.17) is 11.6 Å². The van der Waals surface area contributed by atoms with Gasteiger partial charge in [0.15, 0.2) is 0 Å². The summed E-state index contributed by atoms with van der Waals surface area (Å²) in [5, 5.41) is 2.73. The van der Waals surface area contributed by atoms with Gasteiger partial charge in [-0.25, -0.2) is 9.37 Å². The van der Waals surface area contributed by atoms with Crippen LogP contribution in [0.3, 0.4) is 0 Å². The Morgan fingerprint density at radius 3 is 3.00 bits per heavy atom. The predicted octanol–water partition coefficient (Wildman–Crippen LogP) is 3.50. The zero-order chi connectivity index (χ0) is 14.1. The molecule has 0 aliphatic carbocycles. The summed E-state index contributed by atoms with van der Waals surface area (Å²) >= 11 is 7.22. The lowest BCUT2D eigenvalue weighted by atomic mass is 10.0. The molecule has 0 bridgehead atoms. The lowest BCUT2D eigenvalue weighted by molar-refractivity contribution is -0.119. The molecule has 1 aliphatic heterocycles. The molecule has 3 nitrogen and oxygen atoms in total. The molecule has 6 heteroatoms. The fourth-order valence-corrected chi connectivity index (χ4v) is 3.33. The van der Waals surface area contributed by atoms with Gasteiger partial charge in [0.1, 0.15) is 10.8 Å². The summed E-state index contributed by atoms with van der Waals surface area (Å²) in [5.41, 5.74) is 2.47. The highest BCUT2D eigenvalue weighted by Crippen LogP contribution is 2.30. The highest BCUT2D eigenvalue weighted by Gasteiger charge is 2.25. The molecule has 20 heavy (non-hydrogen) atoms. The molecule has 0 N–H and O–H groups in total. The number of rotatable bonds is 3. The Kier molecular flexibility index (Phi) is 3.72. The molecule has 0 radical (unpaired) electrons. The number of hydrogen-bond donors (Lipinski definition) is 0. The molecule has 1 aliphatic rings. The van der Waals surface area contributed by atoms with Crippen LogP contribution in [0.1, 0.15) is 22.7 Å². The number of aryl methyl sites for hydroxylation is 1. The van der Waals surface area contributed by atoms with Crippen LogP contribution in [0, 0.1) is 5.82 Å². The topological polar surface area (TPSA) is 33.2 Å². The van der Waals surface area contributed by atoms with E-state index in [1.807, 2.05) is 5.38 Å². The molecule has 0 atom stereocenters. The first-order valence-corrected chi connectivity index (χ1v) is 7.67. The van der Waals surface area contributed by atoms with Crippen molar-refractivity contribution < 1.29 is 9.18 Å². The van der Waals surface area contributed by atoms with Crippen LogP contribution in [-0.4, -0.2) is 10.9 Å². The molecule has 104 valence electrons. The molecule has 2 heterocycles. The standard InChI is InChI=1S/C14H12ClFN2OS/c15-6-11-8-20-13(17-11)7-18-12-3-2-10(16)5-9(12)1-4-14(18)19/h2-3,5,8H,1,4,6-7H2. The van der Waals surface area contributed by atoms with Gasteiger partial charge >= 0.3 is 0 Å². The Bertz CT molecular complexity index is 658. The summed E-state index contributed by atoms with van der Waals surface area (Å²) in [5.74, 6) is 0.148. The number of alkyl halides is 1. The largest absolute Gasteiger partial charge is 0.305 e. The second kappa shape index (κ2) is 5.50. The summed E-state index contributed by atoms with van der Waals surface area (Å²) in [7, 11) is 0. The Balaban J connectivity index is 1.90. The molecule has 0 unspecified atom stereocenters. The molecular weight excluding hydrogens is 299 g/mol. The van der Waals surface area contributed by atoms with E-state index in [0.717, 1.165) is 22.0 Å². The van der Waals surface area contributed by atoms with Gasteiger partial charge in [-0.05, 0) is 30.2 Å². The van der Waals surface area contributed by atoms with Crippen molar-refractivity contribution in [1.82, 2.24) is 4.98 Å². The van der Waals surface area contributed by atoms with Gasteiger partial charge in [0.25, 0.3) is 0 Å². The number of hydrogen-bond acceptors (Lipinski definition) is 3. The van der Waals surface area contributed by atoms with Crippen LogP contribution in [0.4, 0.5) is 10.1 Å². The van der Waals surface area contributed by atoms with Gasteiger partial charge in [0.2, 0.25) is 5.91 Å². The van der Waals surface area contributed by atoms with E-state index >= 15 is 0 Å². The minimum absolute atomic E-state index is 0.0479. The van der Waals surface area contributed by atoms with Crippen molar-refractivity contribution in [2.45, 2.75) is 25.3 Å². The second-order valence-corrected chi connectivity index (χ2v) is 5.83. The van der Waals surface area contributed by atoms with E-state index in [0.29, 0.717) is 25.3 Å². The van der Waals surface area contributed by atoms with Crippen LogP contribution in [0.15, 0.2) is 23.6 Å². The van der Waals surface area contributed by atoms with Crippen LogP contribution < -0.4 is 4.90 Å². The van der Waals surface area contributed by atoms with Gasteiger partial charge in [0.05, 0.1) is 18.1 Å². The van der Waals surface area contributed by atoms with Crippen molar-refractivity contribution in [3.63, 3.8) is 0 Å². The third kappa shape index (κ3) is 2.55. The zero-order valence-corrected chi connectivity index (χ0v) is 12.2. The third-order valence-corrected chi connectivity index (χ3v) is 4.43. The van der Waals surface area contributed by atoms with Gasteiger partial charge in [-0.1, -0.05) is 0 Å².